The zero-order chi connectivity index (χ0) is 32.7. The molecule has 5 heterocycles. The number of nitrogens with zero attached hydrogens (tertiary/aromatic N) is 2. The van der Waals surface area contributed by atoms with Gasteiger partial charge >= 0.3 is 11.9 Å². The summed E-state index contributed by atoms with van der Waals surface area (Å²) in [6.07, 6.45) is 1.80. The molecule has 1 amide bonds. The molecule has 3 aromatic rings. The van der Waals surface area contributed by atoms with E-state index in [0.29, 0.717) is 53.1 Å². The summed E-state index contributed by atoms with van der Waals surface area (Å²) in [6.45, 7) is 11.9. The van der Waals surface area contributed by atoms with E-state index >= 15 is 0 Å². The number of hydrogen-bond donors (Lipinski definition) is 5. The topological polar surface area (TPSA) is 175 Å². The second kappa shape index (κ2) is 12.2. The molecule has 0 saturated carbocycles. The molecule has 0 spiro atoms. The Morgan fingerprint density at radius 3 is 1.96 bits per heavy atom. The lowest BCUT2D eigenvalue weighted by Crippen LogP contribution is -2.14. The normalized spacial score (nSPS) is 13.1. The van der Waals surface area contributed by atoms with E-state index in [1.165, 1.54) is 0 Å². The Morgan fingerprint density at radius 1 is 0.711 bits per heavy atom. The number of H-pyrrole nitrogens is 2. The number of aliphatic carboxylic acids is 2. The maximum atomic E-state index is 13.2. The van der Waals surface area contributed by atoms with Crippen LogP contribution in [0.4, 0.5) is 0 Å². The molecule has 0 aliphatic carbocycles. The number of aromatic nitrogens is 4. The van der Waals surface area contributed by atoms with Crippen LogP contribution in [-0.2, 0) is 22.4 Å². The first-order chi connectivity index (χ1) is 21.4. The highest BCUT2D eigenvalue weighted by Crippen LogP contribution is 2.39. The molecule has 0 atom stereocenters. The van der Waals surface area contributed by atoms with Crippen LogP contribution in [0, 0.1) is 13.8 Å². The maximum Gasteiger partial charge on any atom is 0.303 e. The smallest absolute Gasteiger partial charge is 0.303 e. The van der Waals surface area contributed by atoms with Gasteiger partial charge in [0.1, 0.15) is 0 Å². The van der Waals surface area contributed by atoms with Crippen LogP contribution in [0.3, 0.4) is 0 Å². The van der Waals surface area contributed by atoms with Gasteiger partial charge in [0.25, 0.3) is 5.91 Å². The van der Waals surface area contributed by atoms with Crippen LogP contribution < -0.4 is 5.73 Å². The number of aromatic amines is 2. The zero-order valence-corrected chi connectivity index (χ0v) is 26.6. The van der Waals surface area contributed by atoms with E-state index in [1.807, 2.05) is 52.8 Å². The number of nitrogens with one attached hydrogen (secondary N) is 2. The van der Waals surface area contributed by atoms with Gasteiger partial charge in [-0.15, -0.1) is 0 Å². The van der Waals surface area contributed by atoms with Crippen molar-refractivity contribution in [2.24, 2.45) is 5.73 Å². The van der Waals surface area contributed by atoms with Gasteiger partial charge in [-0.3, -0.25) is 14.4 Å². The molecule has 8 bridgehead atoms. The molecule has 234 valence electrons. The van der Waals surface area contributed by atoms with Gasteiger partial charge in [-0.05, 0) is 116 Å². The third-order valence-electron chi connectivity index (χ3n) is 9.07. The Balaban J connectivity index is 2.01. The summed E-state index contributed by atoms with van der Waals surface area (Å²) >= 11 is 0. The molecule has 0 fully saturated rings. The Kier molecular flexibility index (Phi) is 8.51. The molecule has 10 heteroatoms. The zero-order valence-electron chi connectivity index (χ0n) is 26.6. The number of fused-ring (bicyclic) bond motifs is 8. The summed E-state index contributed by atoms with van der Waals surface area (Å²) in [6, 6.07) is 5.77. The van der Waals surface area contributed by atoms with Gasteiger partial charge in [-0.1, -0.05) is 13.8 Å². The third-order valence-corrected chi connectivity index (χ3v) is 9.07. The lowest BCUT2D eigenvalue weighted by atomic mass is 9.98. The monoisotopic (exact) mass is 609 g/mol. The van der Waals surface area contributed by atoms with Gasteiger partial charge < -0.3 is 25.9 Å². The maximum absolute atomic E-state index is 13.2. The van der Waals surface area contributed by atoms with Crippen molar-refractivity contribution in [1.82, 2.24) is 19.9 Å². The summed E-state index contributed by atoms with van der Waals surface area (Å²) in [5, 5.41) is 19.0. The van der Waals surface area contributed by atoms with Crippen molar-refractivity contribution in [3.05, 3.63) is 68.8 Å². The van der Waals surface area contributed by atoms with E-state index in [2.05, 4.69) is 16.9 Å². The lowest BCUT2D eigenvalue weighted by molar-refractivity contribution is -0.137. The highest BCUT2D eigenvalue weighted by Gasteiger charge is 2.25. The Hall–Kier alpha value is -4.99. The van der Waals surface area contributed by atoms with E-state index in [9.17, 15) is 24.6 Å². The lowest BCUT2D eigenvalue weighted by Gasteiger charge is -2.05. The van der Waals surface area contributed by atoms with Gasteiger partial charge in [-0.2, -0.15) is 0 Å². The number of aryl methyl sites for hydroxylation is 4. The molecule has 0 radical (unpaired) electrons. The van der Waals surface area contributed by atoms with Gasteiger partial charge in [0.2, 0.25) is 0 Å². The molecule has 2 aliphatic rings. The van der Waals surface area contributed by atoms with E-state index < -0.39 is 17.8 Å². The van der Waals surface area contributed by atoms with Gasteiger partial charge in [0, 0.05) is 29.4 Å². The van der Waals surface area contributed by atoms with Crippen LogP contribution in [0.15, 0.2) is 18.2 Å². The van der Waals surface area contributed by atoms with E-state index in [4.69, 9.17) is 15.7 Å². The number of amides is 1. The number of carboxylic acids is 2. The van der Waals surface area contributed by atoms with Crippen molar-refractivity contribution < 1.29 is 24.6 Å². The van der Waals surface area contributed by atoms with Crippen molar-refractivity contribution in [1.29, 1.82) is 0 Å². The number of carbonyl (C=O) groups is 3. The predicted octanol–water partition coefficient (Wildman–Crippen LogP) is 6.75. The molecule has 45 heavy (non-hydrogen) atoms. The third kappa shape index (κ3) is 5.68. The average Bonchev–Trinajstić information content (AvgIpc) is 3.64. The highest BCUT2D eigenvalue weighted by atomic mass is 16.4. The summed E-state index contributed by atoms with van der Waals surface area (Å²) < 4.78 is 0. The van der Waals surface area contributed by atoms with Crippen molar-refractivity contribution >= 4 is 62.2 Å². The SMILES string of the molecule is CCC1=C(C)c2cc3nc(cc4[nH]c(cc5[nH]c(c(C)c5CC)c(C(N)=O)c1n2)c(C)c4CCC(=O)O)C(CCC(=O)O)=C3C. The van der Waals surface area contributed by atoms with Crippen molar-refractivity contribution in [2.45, 2.75) is 80.1 Å². The molecule has 3 aromatic heterocycles. The number of allylic oxidation sites excluding steroid dienone is 4. The van der Waals surface area contributed by atoms with Crippen LogP contribution in [0.2, 0.25) is 0 Å². The quantitative estimate of drug-likeness (QED) is 0.178. The first-order valence-electron chi connectivity index (χ1n) is 15.3. The second-order valence-corrected chi connectivity index (χ2v) is 11.7. The molecule has 5 rings (SSSR count). The van der Waals surface area contributed by atoms with Gasteiger partial charge in [0.15, 0.2) is 0 Å². The molecule has 10 nitrogen and oxygen atoms in total. The van der Waals surface area contributed by atoms with Gasteiger partial charge in [0.05, 0.1) is 33.9 Å². The van der Waals surface area contributed by atoms with E-state index in [-0.39, 0.29) is 19.3 Å². The largest absolute Gasteiger partial charge is 0.481 e. The van der Waals surface area contributed by atoms with Crippen molar-refractivity contribution in [2.75, 3.05) is 0 Å². The molecule has 0 unspecified atom stereocenters. The summed E-state index contributed by atoms with van der Waals surface area (Å²) in [5.74, 6) is -2.40. The number of carbonyl (C=O) groups excluding carboxylic acids is 1. The molecule has 6 N–H and O–H groups in total. The fraction of sp³-hybridized carbons (Fsp3) is 0.343. The van der Waals surface area contributed by atoms with Crippen LogP contribution in [0.1, 0.15) is 109 Å². The van der Waals surface area contributed by atoms with E-state index in [0.717, 1.165) is 61.1 Å². The highest BCUT2D eigenvalue weighted by molar-refractivity contribution is 6.08. The average molecular weight is 610 g/mol. The summed E-state index contributed by atoms with van der Waals surface area (Å²) in [7, 11) is 0. The van der Waals surface area contributed by atoms with Crippen molar-refractivity contribution in [3.8, 4) is 0 Å². The summed E-state index contributed by atoms with van der Waals surface area (Å²) in [4.78, 5) is 53.3. The molecule has 2 aliphatic heterocycles. The Morgan fingerprint density at radius 2 is 1.33 bits per heavy atom. The fourth-order valence-corrected chi connectivity index (χ4v) is 6.57. The second-order valence-electron chi connectivity index (χ2n) is 11.7. The Bertz CT molecular complexity index is 2010. The van der Waals surface area contributed by atoms with Crippen LogP contribution in [0.5, 0.6) is 0 Å². The standard InChI is InChI=1S/C35H39N5O5/c1-7-20-19(6)33-32(35(36)45)34-21(8-2)16(3)26(39-34)13-24-17(4)22(9-11-30(41)42)28(37-24)15-29-23(10-12-31(43)44)18(5)25(38-29)14-27(20)40-33/h13-15,38,40H,7-12H2,1-6H3,(H2,36,45)(H,41,42)(H,43,44). The number of primary amides is 1. The first-order valence-corrected chi connectivity index (χ1v) is 15.3. The number of hydrogen-bond acceptors (Lipinski definition) is 5. The van der Waals surface area contributed by atoms with Crippen LogP contribution in [-0.4, -0.2) is 48.0 Å². The molecule has 0 aromatic carbocycles. The minimum absolute atomic E-state index is 0.0515. The molecular weight excluding hydrogens is 570 g/mol. The molecule has 0 saturated heterocycles. The van der Waals surface area contributed by atoms with Crippen LogP contribution >= 0.6 is 0 Å². The minimum atomic E-state index is -0.910. The Labute approximate surface area is 261 Å². The van der Waals surface area contributed by atoms with Crippen LogP contribution in [0.25, 0.3) is 44.4 Å². The predicted molar refractivity (Wildman–Crippen MR) is 176 cm³/mol. The van der Waals surface area contributed by atoms with E-state index in [1.54, 1.807) is 0 Å². The summed E-state index contributed by atoms with van der Waals surface area (Å²) in [5.41, 5.74) is 19.0. The van der Waals surface area contributed by atoms with Crippen molar-refractivity contribution in [3.63, 3.8) is 0 Å². The van der Waals surface area contributed by atoms with Gasteiger partial charge in [-0.25, -0.2) is 9.97 Å². The molecular formula is C35H39N5O5. The first kappa shape index (κ1) is 31.4. The number of carboxylic acid groups (broad SMARTS) is 2. The fourth-order valence-electron chi connectivity index (χ4n) is 6.57. The number of nitrogens with two attached hydrogens (primary N) is 1. The number of rotatable bonds is 9. The minimum Gasteiger partial charge on any atom is -0.481 e.